The first-order valence-electron chi connectivity index (χ1n) is 8.77. The Kier molecular flexibility index (Phi) is 5.60. The molecule has 0 unspecified atom stereocenters. The highest BCUT2D eigenvalue weighted by Crippen LogP contribution is 2.37. The van der Waals surface area contributed by atoms with Gasteiger partial charge < -0.3 is 4.57 Å². The van der Waals surface area contributed by atoms with Crippen LogP contribution in [0.2, 0.25) is 10.0 Å². The maximum absolute atomic E-state index is 6.30. The number of halogens is 2. The van der Waals surface area contributed by atoms with Crippen molar-refractivity contribution in [3.05, 3.63) is 49.6 Å². The van der Waals surface area contributed by atoms with E-state index in [1.807, 2.05) is 29.5 Å². The topological polar surface area (TPSA) is 30.7 Å². The number of rotatable bonds is 5. The predicted molar refractivity (Wildman–Crippen MR) is 112 cm³/mol. The molecule has 0 N–H and O–H groups in total. The second-order valence-corrected chi connectivity index (χ2v) is 9.02. The van der Waals surface area contributed by atoms with Crippen molar-refractivity contribution >= 4 is 46.3 Å². The van der Waals surface area contributed by atoms with Crippen LogP contribution in [0.15, 0.2) is 28.7 Å². The molecule has 4 rings (SSSR count). The first-order valence-corrected chi connectivity index (χ1v) is 11.4. The molecule has 0 aliphatic heterocycles. The van der Waals surface area contributed by atoms with Gasteiger partial charge in [0.05, 0.1) is 0 Å². The van der Waals surface area contributed by atoms with E-state index in [-0.39, 0.29) is 0 Å². The third-order valence-electron chi connectivity index (χ3n) is 4.74. The zero-order valence-electron chi connectivity index (χ0n) is 14.5. The highest BCUT2D eigenvalue weighted by Gasteiger charge is 2.22. The molecule has 26 heavy (non-hydrogen) atoms. The minimum atomic E-state index is 0.679. The summed E-state index contributed by atoms with van der Waals surface area (Å²) in [5.41, 5.74) is 3.69. The quantitative estimate of drug-likeness (QED) is 0.438. The molecular formula is C19H19Cl2N3S2. The van der Waals surface area contributed by atoms with Crippen molar-refractivity contribution < 1.29 is 0 Å². The third-order valence-corrected chi connectivity index (χ3v) is 7.53. The van der Waals surface area contributed by atoms with Crippen LogP contribution in [0.4, 0.5) is 0 Å². The van der Waals surface area contributed by atoms with Gasteiger partial charge in [0.15, 0.2) is 11.0 Å². The van der Waals surface area contributed by atoms with Gasteiger partial charge in [-0.05, 0) is 55.9 Å². The van der Waals surface area contributed by atoms with Crippen molar-refractivity contribution in [3.8, 4) is 11.4 Å². The molecule has 3 aromatic rings. The molecule has 1 aliphatic carbocycles. The van der Waals surface area contributed by atoms with Crippen LogP contribution in [0.25, 0.3) is 11.4 Å². The summed E-state index contributed by atoms with van der Waals surface area (Å²) in [6, 6.07) is 5.61. The number of benzene rings is 1. The normalized spacial score (nSPS) is 13.8. The van der Waals surface area contributed by atoms with E-state index in [0.29, 0.717) is 15.8 Å². The summed E-state index contributed by atoms with van der Waals surface area (Å²) in [5, 5.41) is 13.5. The van der Waals surface area contributed by atoms with Crippen LogP contribution in [0.1, 0.15) is 35.8 Å². The highest BCUT2D eigenvalue weighted by atomic mass is 35.5. The molecule has 7 heteroatoms. The molecule has 3 nitrogen and oxygen atoms in total. The lowest BCUT2D eigenvalue weighted by Crippen LogP contribution is -2.03. The maximum Gasteiger partial charge on any atom is 0.191 e. The van der Waals surface area contributed by atoms with Crippen LogP contribution in [-0.2, 0) is 25.1 Å². The summed E-state index contributed by atoms with van der Waals surface area (Å²) >= 11 is 16.1. The fourth-order valence-electron chi connectivity index (χ4n) is 3.37. The number of thiophene rings is 1. The van der Waals surface area contributed by atoms with Crippen LogP contribution >= 0.6 is 46.3 Å². The smallest absolute Gasteiger partial charge is 0.191 e. The van der Waals surface area contributed by atoms with Crippen LogP contribution in [0.5, 0.6) is 0 Å². The summed E-state index contributed by atoms with van der Waals surface area (Å²) < 4.78 is 2.20. The minimum Gasteiger partial charge on any atom is -0.302 e. The first kappa shape index (κ1) is 18.4. The molecule has 1 aromatic carbocycles. The van der Waals surface area contributed by atoms with Gasteiger partial charge in [0.2, 0.25) is 0 Å². The Morgan fingerprint density at radius 1 is 1.15 bits per heavy atom. The molecule has 0 saturated carbocycles. The number of hydrogen-bond donors (Lipinski definition) is 0. The summed E-state index contributed by atoms with van der Waals surface area (Å²) in [6.07, 6.45) is 4.92. The number of fused-ring (bicyclic) bond motifs is 1. The van der Waals surface area contributed by atoms with Crippen molar-refractivity contribution in [1.82, 2.24) is 14.8 Å². The summed E-state index contributed by atoms with van der Waals surface area (Å²) in [6.45, 7) is 2.98. The second kappa shape index (κ2) is 7.93. The molecule has 0 radical (unpaired) electrons. The van der Waals surface area contributed by atoms with E-state index in [4.69, 9.17) is 23.2 Å². The van der Waals surface area contributed by atoms with Crippen molar-refractivity contribution in [3.63, 3.8) is 0 Å². The van der Waals surface area contributed by atoms with Gasteiger partial charge in [0.25, 0.3) is 0 Å². The average Bonchev–Trinajstić information content (AvgIpc) is 3.24. The molecule has 136 valence electrons. The lowest BCUT2D eigenvalue weighted by atomic mass is 9.96. The average molecular weight is 424 g/mol. The lowest BCUT2D eigenvalue weighted by Gasteiger charge is -2.13. The molecule has 0 bridgehead atoms. The van der Waals surface area contributed by atoms with Gasteiger partial charge in [0, 0.05) is 38.2 Å². The minimum absolute atomic E-state index is 0.679. The van der Waals surface area contributed by atoms with E-state index in [1.54, 1.807) is 11.8 Å². The molecule has 2 aromatic heterocycles. The largest absolute Gasteiger partial charge is 0.302 e. The van der Waals surface area contributed by atoms with Crippen LogP contribution in [0, 0.1) is 0 Å². The molecular weight excluding hydrogens is 405 g/mol. The van der Waals surface area contributed by atoms with Crippen molar-refractivity contribution in [2.75, 3.05) is 0 Å². The molecule has 1 aliphatic rings. The van der Waals surface area contributed by atoms with Crippen LogP contribution in [-0.4, -0.2) is 14.8 Å². The Bertz CT molecular complexity index is 913. The van der Waals surface area contributed by atoms with Crippen molar-refractivity contribution in [2.24, 2.45) is 0 Å². The highest BCUT2D eigenvalue weighted by molar-refractivity contribution is 7.98. The third kappa shape index (κ3) is 3.42. The van der Waals surface area contributed by atoms with Gasteiger partial charge in [-0.1, -0.05) is 41.0 Å². The maximum atomic E-state index is 6.30. The Balaban J connectivity index is 1.62. The second-order valence-electron chi connectivity index (χ2n) is 6.30. The predicted octanol–water partition coefficient (Wildman–Crippen LogP) is 6.50. The SMILES string of the molecule is CCn1c(SCc2c(Cl)cccc2Cl)nnc1-c1csc2c1CCCC2. The van der Waals surface area contributed by atoms with Crippen LogP contribution in [0.3, 0.4) is 0 Å². The molecule has 2 heterocycles. The number of aryl methyl sites for hydroxylation is 1. The van der Waals surface area contributed by atoms with Gasteiger partial charge >= 0.3 is 0 Å². The number of thioether (sulfide) groups is 1. The van der Waals surface area contributed by atoms with Gasteiger partial charge in [-0.2, -0.15) is 0 Å². The summed E-state index contributed by atoms with van der Waals surface area (Å²) in [5.74, 6) is 1.66. The van der Waals surface area contributed by atoms with E-state index in [9.17, 15) is 0 Å². The molecule has 0 atom stereocenters. The Morgan fingerprint density at radius 2 is 1.92 bits per heavy atom. The Hall–Kier alpha value is -1.01. The zero-order chi connectivity index (χ0) is 18.1. The van der Waals surface area contributed by atoms with E-state index in [0.717, 1.165) is 29.5 Å². The molecule has 0 saturated heterocycles. The number of aromatic nitrogens is 3. The number of nitrogens with zero attached hydrogens (tertiary/aromatic N) is 3. The summed E-state index contributed by atoms with van der Waals surface area (Å²) in [4.78, 5) is 1.52. The summed E-state index contributed by atoms with van der Waals surface area (Å²) in [7, 11) is 0. The van der Waals surface area contributed by atoms with Gasteiger partial charge in [0.1, 0.15) is 0 Å². The van der Waals surface area contributed by atoms with Gasteiger partial charge in [-0.25, -0.2) is 0 Å². The standard InChI is InChI=1S/C19H19Cl2N3S2/c1-2-24-18(13-10-25-17-9-4-3-6-12(13)17)22-23-19(24)26-11-14-15(20)7-5-8-16(14)21/h5,7-8,10H,2-4,6,9,11H2,1H3. The van der Waals surface area contributed by atoms with E-state index >= 15 is 0 Å². The van der Waals surface area contributed by atoms with E-state index in [1.165, 1.54) is 35.3 Å². The molecule has 0 amide bonds. The van der Waals surface area contributed by atoms with Crippen molar-refractivity contribution in [1.29, 1.82) is 0 Å². The zero-order valence-corrected chi connectivity index (χ0v) is 17.6. The lowest BCUT2D eigenvalue weighted by molar-refractivity contribution is 0.680. The number of hydrogen-bond acceptors (Lipinski definition) is 4. The monoisotopic (exact) mass is 423 g/mol. The fourth-order valence-corrected chi connectivity index (χ4v) is 6.24. The van der Waals surface area contributed by atoms with E-state index < -0.39 is 0 Å². The molecule has 0 spiro atoms. The van der Waals surface area contributed by atoms with Gasteiger partial charge in [-0.3, -0.25) is 0 Å². The van der Waals surface area contributed by atoms with Crippen molar-refractivity contribution in [2.45, 2.75) is 50.1 Å². The fraction of sp³-hybridized carbons (Fsp3) is 0.368. The Morgan fingerprint density at radius 3 is 2.69 bits per heavy atom. The first-order chi connectivity index (χ1) is 12.7. The van der Waals surface area contributed by atoms with Crippen LogP contribution < -0.4 is 0 Å². The van der Waals surface area contributed by atoms with E-state index in [2.05, 4.69) is 27.1 Å². The molecule has 0 fully saturated rings. The Labute approximate surface area is 171 Å². The van der Waals surface area contributed by atoms with Gasteiger partial charge in [-0.15, -0.1) is 21.5 Å².